The highest BCUT2D eigenvalue weighted by atomic mass is 35.5. The Morgan fingerprint density at radius 1 is 0.955 bits per heavy atom. The second-order valence-corrected chi connectivity index (χ2v) is 5.30. The summed E-state index contributed by atoms with van der Waals surface area (Å²) in [6, 6.07) is 19.1. The molecular formula is C18H14ClNO2. The van der Waals surface area contributed by atoms with Crippen LogP contribution in [0.4, 0.5) is 0 Å². The molecule has 3 rings (SSSR count). The van der Waals surface area contributed by atoms with Gasteiger partial charge < -0.3 is 9.73 Å². The van der Waals surface area contributed by atoms with Crippen molar-refractivity contribution < 1.29 is 9.21 Å². The van der Waals surface area contributed by atoms with Crippen LogP contribution < -0.4 is 5.32 Å². The molecule has 22 heavy (non-hydrogen) atoms. The van der Waals surface area contributed by atoms with Gasteiger partial charge in [-0.15, -0.1) is 0 Å². The topological polar surface area (TPSA) is 42.2 Å². The van der Waals surface area contributed by atoms with E-state index in [0.29, 0.717) is 12.3 Å². The first-order chi connectivity index (χ1) is 10.7. The Labute approximate surface area is 133 Å². The highest BCUT2D eigenvalue weighted by Crippen LogP contribution is 2.21. The Balaban J connectivity index is 1.64. The minimum atomic E-state index is -0.216. The molecule has 0 saturated carbocycles. The van der Waals surface area contributed by atoms with Crippen molar-refractivity contribution in [1.82, 2.24) is 5.32 Å². The number of hydrogen-bond donors (Lipinski definition) is 1. The Morgan fingerprint density at radius 2 is 1.59 bits per heavy atom. The molecule has 1 N–H and O–H groups in total. The molecule has 0 aliphatic carbocycles. The average molecular weight is 312 g/mol. The molecule has 0 bridgehead atoms. The van der Waals surface area contributed by atoms with Gasteiger partial charge in [0.25, 0.3) is 5.91 Å². The van der Waals surface area contributed by atoms with Crippen molar-refractivity contribution in [3.63, 3.8) is 0 Å². The van der Waals surface area contributed by atoms with Gasteiger partial charge in [-0.3, -0.25) is 4.79 Å². The van der Waals surface area contributed by atoms with E-state index in [9.17, 15) is 4.79 Å². The Hall–Kier alpha value is -2.52. The molecule has 0 fully saturated rings. The van der Waals surface area contributed by atoms with Crippen molar-refractivity contribution in [1.29, 1.82) is 0 Å². The van der Waals surface area contributed by atoms with Crippen LogP contribution in [0.5, 0.6) is 0 Å². The zero-order valence-electron chi connectivity index (χ0n) is 11.8. The smallest absolute Gasteiger partial charge is 0.287 e. The van der Waals surface area contributed by atoms with E-state index < -0.39 is 0 Å². The van der Waals surface area contributed by atoms with E-state index in [1.165, 1.54) is 6.26 Å². The molecule has 3 aromatic rings. The standard InChI is InChI=1S/C18H14ClNO2/c19-16-9-7-15(8-10-16)14-5-3-13(4-6-14)12-20-18(21)17-2-1-11-22-17/h1-11H,12H2,(H,20,21). The third-order valence-electron chi connectivity index (χ3n) is 3.33. The summed E-state index contributed by atoms with van der Waals surface area (Å²) in [5.41, 5.74) is 3.24. The first-order valence-corrected chi connectivity index (χ1v) is 7.27. The van der Waals surface area contributed by atoms with Crippen LogP contribution in [0.1, 0.15) is 16.1 Å². The van der Waals surface area contributed by atoms with E-state index in [1.54, 1.807) is 12.1 Å². The summed E-state index contributed by atoms with van der Waals surface area (Å²) in [5, 5.41) is 3.54. The van der Waals surface area contributed by atoms with Gasteiger partial charge in [-0.25, -0.2) is 0 Å². The number of hydrogen-bond acceptors (Lipinski definition) is 2. The lowest BCUT2D eigenvalue weighted by atomic mass is 10.0. The van der Waals surface area contributed by atoms with Gasteiger partial charge >= 0.3 is 0 Å². The van der Waals surface area contributed by atoms with Crippen LogP contribution in [-0.2, 0) is 6.54 Å². The lowest BCUT2D eigenvalue weighted by molar-refractivity contribution is 0.0923. The molecule has 1 heterocycles. The summed E-state index contributed by atoms with van der Waals surface area (Å²) in [7, 11) is 0. The highest BCUT2D eigenvalue weighted by molar-refractivity contribution is 6.30. The van der Waals surface area contributed by atoms with E-state index in [2.05, 4.69) is 5.32 Å². The fourth-order valence-electron chi connectivity index (χ4n) is 2.13. The summed E-state index contributed by atoms with van der Waals surface area (Å²) in [6.45, 7) is 0.459. The molecule has 0 unspecified atom stereocenters. The van der Waals surface area contributed by atoms with Crippen molar-refractivity contribution in [2.75, 3.05) is 0 Å². The fraction of sp³-hybridized carbons (Fsp3) is 0.0556. The van der Waals surface area contributed by atoms with E-state index in [0.717, 1.165) is 21.7 Å². The molecule has 4 heteroatoms. The number of carbonyl (C=O) groups is 1. The molecule has 1 aromatic heterocycles. The lowest BCUT2D eigenvalue weighted by Gasteiger charge is -2.06. The second kappa shape index (κ2) is 6.50. The molecule has 1 amide bonds. The van der Waals surface area contributed by atoms with E-state index in [1.807, 2.05) is 48.5 Å². The molecule has 0 atom stereocenters. The number of carbonyl (C=O) groups excluding carboxylic acids is 1. The van der Waals surface area contributed by atoms with Crippen molar-refractivity contribution >= 4 is 17.5 Å². The number of benzene rings is 2. The third kappa shape index (κ3) is 3.38. The normalized spacial score (nSPS) is 10.4. The zero-order chi connectivity index (χ0) is 15.4. The number of rotatable bonds is 4. The second-order valence-electron chi connectivity index (χ2n) is 4.86. The minimum absolute atomic E-state index is 0.216. The molecule has 0 aliphatic heterocycles. The van der Waals surface area contributed by atoms with Gasteiger partial charge in [0.15, 0.2) is 5.76 Å². The zero-order valence-corrected chi connectivity index (χ0v) is 12.5. The summed E-state index contributed by atoms with van der Waals surface area (Å²) in [4.78, 5) is 11.8. The van der Waals surface area contributed by atoms with Gasteiger partial charge in [-0.05, 0) is 41.0 Å². The van der Waals surface area contributed by atoms with Gasteiger partial charge in [-0.2, -0.15) is 0 Å². The Kier molecular flexibility index (Phi) is 4.26. The minimum Gasteiger partial charge on any atom is -0.459 e. The lowest BCUT2D eigenvalue weighted by Crippen LogP contribution is -2.22. The molecule has 0 radical (unpaired) electrons. The predicted octanol–water partition coefficient (Wildman–Crippen LogP) is 4.53. The first kappa shape index (κ1) is 14.4. The maximum Gasteiger partial charge on any atom is 0.287 e. The molecule has 110 valence electrons. The predicted molar refractivity (Wildman–Crippen MR) is 86.8 cm³/mol. The summed E-state index contributed by atoms with van der Waals surface area (Å²) in [5.74, 6) is 0.101. The number of halogens is 1. The molecule has 3 nitrogen and oxygen atoms in total. The van der Waals surface area contributed by atoms with Crippen LogP contribution in [0.25, 0.3) is 11.1 Å². The van der Waals surface area contributed by atoms with Gasteiger partial charge in [0, 0.05) is 11.6 Å². The van der Waals surface area contributed by atoms with E-state index >= 15 is 0 Å². The maximum atomic E-state index is 11.8. The number of furan rings is 1. The Bertz CT molecular complexity index is 747. The van der Waals surface area contributed by atoms with Crippen molar-refractivity contribution in [3.8, 4) is 11.1 Å². The van der Waals surface area contributed by atoms with Crippen molar-refractivity contribution in [2.45, 2.75) is 6.54 Å². The number of amides is 1. The van der Waals surface area contributed by atoms with E-state index in [-0.39, 0.29) is 5.91 Å². The largest absolute Gasteiger partial charge is 0.459 e. The van der Waals surface area contributed by atoms with Crippen LogP contribution in [0.2, 0.25) is 5.02 Å². The Morgan fingerprint density at radius 3 is 2.18 bits per heavy atom. The van der Waals surface area contributed by atoms with Gasteiger partial charge in [0.1, 0.15) is 0 Å². The summed E-state index contributed by atoms with van der Waals surface area (Å²) >= 11 is 5.89. The van der Waals surface area contributed by atoms with Crippen molar-refractivity contribution in [2.24, 2.45) is 0 Å². The molecule has 0 spiro atoms. The van der Waals surface area contributed by atoms with Crippen LogP contribution in [0.3, 0.4) is 0 Å². The summed E-state index contributed by atoms with van der Waals surface area (Å²) < 4.78 is 5.05. The first-order valence-electron chi connectivity index (χ1n) is 6.89. The van der Waals surface area contributed by atoms with E-state index in [4.69, 9.17) is 16.0 Å². The van der Waals surface area contributed by atoms with Crippen LogP contribution in [0, 0.1) is 0 Å². The molecule has 0 saturated heterocycles. The molecule has 2 aromatic carbocycles. The SMILES string of the molecule is O=C(NCc1ccc(-c2ccc(Cl)cc2)cc1)c1ccco1. The molecule has 0 aliphatic rings. The highest BCUT2D eigenvalue weighted by Gasteiger charge is 2.07. The monoisotopic (exact) mass is 311 g/mol. The third-order valence-corrected chi connectivity index (χ3v) is 3.58. The average Bonchev–Trinajstić information content (AvgIpc) is 3.08. The van der Waals surface area contributed by atoms with Gasteiger partial charge in [0.05, 0.1) is 6.26 Å². The molecular weight excluding hydrogens is 298 g/mol. The fourth-order valence-corrected chi connectivity index (χ4v) is 2.26. The van der Waals surface area contributed by atoms with Gasteiger partial charge in [0.2, 0.25) is 0 Å². The number of nitrogens with one attached hydrogen (secondary N) is 1. The van der Waals surface area contributed by atoms with Crippen LogP contribution in [0.15, 0.2) is 71.3 Å². The van der Waals surface area contributed by atoms with Gasteiger partial charge in [-0.1, -0.05) is 48.0 Å². The summed E-state index contributed by atoms with van der Waals surface area (Å²) in [6.07, 6.45) is 1.48. The maximum absolute atomic E-state index is 11.8. The van der Waals surface area contributed by atoms with Crippen molar-refractivity contribution in [3.05, 3.63) is 83.3 Å². The van der Waals surface area contributed by atoms with Crippen LogP contribution in [-0.4, -0.2) is 5.91 Å². The quantitative estimate of drug-likeness (QED) is 0.769. The van der Waals surface area contributed by atoms with Crippen LogP contribution >= 0.6 is 11.6 Å².